The van der Waals surface area contributed by atoms with Crippen molar-refractivity contribution in [2.75, 3.05) is 0 Å². The normalized spacial score (nSPS) is 11.6. The number of alkyl halides is 3. The number of nitro benzene ring substituents is 1. The molecule has 0 N–H and O–H groups in total. The van der Waals surface area contributed by atoms with Crippen molar-refractivity contribution < 1.29 is 27.6 Å². The van der Waals surface area contributed by atoms with E-state index in [2.05, 4.69) is 10.1 Å². The van der Waals surface area contributed by atoms with E-state index in [0.29, 0.717) is 9.39 Å². The number of esters is 1. The van der Waals surface area contributed by atoms with Crippen LogP contribution in [0.2, 0.25) is 0 Å². The van der Waals surface area contributed by atoms with Crippen molar-refractivity contribution in [1.82, 2.24) is 14.6 Å². The Labute approximate surface area is 175 Å². The Morgan fingerprint density at radius 3 is 2.68 bits per heavy atom. The molecule has 0 bridgehead atoms. The molecule has 31 heavy (non-hydrogen) atoms. The van der Waals surface area contributed by atoms with Gasteiger partial charge in [0.2, 0.25) is 0 Å². The van der Waals surface area contributed by atoms with E-state index in [1.165, 1.54) is 35.6 Å². The van der Waals surface area contributed by atoms with Crippen molar-refractivity contribution in [3.8, 4) is 10.6 Å². The average molecular weight is 448 g/mol. The third-order valence-corrected chi connectivity index (χ3v) is 5.20. The van der Waals surface area contributed by atoms with Gasteiger partial charge in [0.05, 0.1) is 27.3 Å². The lowest BCUT2D eigenvalue weighted by atomic mass is 10.2. The number of hydrogen-bond donors (Lipinski definition) is 0. The number of halogens is 3. The zero-order chi connectivity index (χ0) is 22.2. The Balaban J connectivity index is 1.72. The molecule has 3 aromatic heterocycles. The maximum Gasteiger partial charge on any atom is 0.433 e. The molecule has 0 aliphatic rings. The zero-order valence-corrected chi connectivity index (χ0v) is 16.2. The van der Waals surface area contributed by atoms with E-state index in [4.69, 9.17) is 4.74 Å². The van der Waals surface area contributed by atoms with Crippen molar-refractivity contribution in [2.24, 2.45) is 0 Å². The summed E-state index contributed by atoms with van der Waals surface area (Å²) in [7, 11) is 0. The number of carbonyl (C=O) groups is 1. The van der Waals surface area contributed by atoms with Crippen molar-refractivity contribution in [3.05, 3.63) is 81.0 Å². The molecule has 0 saturated heterocycles. The smallest absolute Gasteiger partial charge is 0.433 e. The topological polar surface area (TPSA) is 99.6 Å². The van der Waals surface area contributed by atoms with Crippen LogP contribution in [-0.4, -0.2) is 25.5 Å². The number of benzene rings is 1. The third kappa shape index (κ3) is 3.97. The summed E-state index contributed by atoms with van der Waals surface area (Å²) < 4.78 is 46.4. The maximum absolute atomic E-state index is 13.6. The van der Waals surface area contributed by atoms with Gasteiger partial charge in [0.15, 0.2) is 11.3 Å². The summed E-state index contributed by atoms with van der Waals surface area (Å²) >= 11 is 1.19. The van der Waals surface area contributed by atoms with Gasteiger partial charge in [-0.05, 0) is 23.6 Å². The Bertz CT molecular complexity index is 1290. The summed E-state index contributed by atoms with van der Waals surface area (Å²) in [6.45, 7) is -0.440. The zero-order valence-electron chi connectivity index (χ0n) is 15.4. The van der Waals surface area contributed by atoms with Crippen molar-refractivity contribution in [1.29, 1.82) is 0 Å². The standard InChI is InChI=1S/C19H11F3N4O4S/c20-19(21,22)16-8-13(15-6-3-7-31-15)24-17-12(9-23-25(16)17)18(27)30-10-11-4-1-2-5-14(11)26(28)29/h1-9H,10H2. The number of para-hydroxylation sites is 1. The lowest BCUT2D eigenvalue weighted by Gasteiger charge is -2.11. The number of ether oxygens (including phenoxy) is 1. The van der Waals surface area contributed by atoms with Crippen LogP contribution < -0.4 is 0 Å². The van der Waals surface area contributed by atoms with Gasteiger partial charge in [0.25, 0.3) is 5.69 Å². The van der Waals surface area contributed by atoms with Gasteiger partial charge in [-0.3, -0.25) is 10.1 Å². The molecule has 0 amide bonds. The third-order valence-electron chi connectivity index (χ3n) is 4.30. The highest BCUT2D eigenvalue weighted by atomic mass is 32.1. The Kier molecular flexibility index (Phi) is 5.15. The van der Waals surface area contributed by atoms with Gasteiger partial charge in [0, 0.05) is 6.07 Å². The highest BCUT2D eigenvalue weighted by Gasteiger charge is 2.36. The molecular formula is C19H11F3N4O4S. The Morgan fingerprint density at radius 2 is 2.00 bits per heavy atom. The summed E-state index contributed by atoms with van der Waals surface area (Å²) in [5.41, 5.74) is -1.79. The van der Waals surface area contributed by atoms with Crippen LogP contribution in [0.5, 0.6) is 0 Å². The van der Waals surface area contributed by atoms with Gasteiger partial charge < -0.3 is 4.74 Å². The van der Waals surface area contributed by atoms with Crippen molar-refractivity contribution in [2.45, 2.75) is 12.8 Å². The maximum atomic E-state index is 13.6. The Hall–Kier alpha value is -3.80. The van der Waals surface area contributed by atoms with E-state index in [1.807, 2.05) is 0 Å². The average Bonchev–Trinajstić information content (AvgIpc) is 3.40. The molecule has 158 valence electrons. The molecule has 0 atom stereocenters. The van der Waals surface area contributed by atoms with Crippen molar-refractivity contribution >= 4 is 28.6 Å². The molecule has 0 unspecified atom stereocenters. The minimum absolute atomic E-state index is 0.0306. The second-order valence-corrected chi connectivity index (χ2v) is 7.20. The van der Waals surface area contributed by atoms with Gasteiger partial charge in [0.1, 0.15) is 12.2 Å². The molecule has 1 aromatic carbocycles. The number of thiophene rings is 1. The lowest BCUT2D eigenvalue weighted by Crippen LogP contribution is -2.14. The monoisotopic (exact) mass is 448 g/mol. The molecule has 0 fully saturated rings. The number of fused-ring (bicyclic) bond motifs is 1. The molecule has 0 aliphatic heterocycles. The van der Waals surface area contributed by atoms with Gasteiger partial charge in [-0.25, -0.2) is 14.3 Å². The summed E-state index contributed by atoms with van der Waals surface area (Å²) in [4.78, 5) is 27.7. The molecule has 0 aliphatic carbocycles. The van der Waals surface area contributed by atoms with E-state index < -0.39 is 29.4 Å². The van der Waals surface area contributed by atoms with E-state index in [-0.39, 0.29) is 28.2 Å². The number of rotatable bonds is 5. The summed E-state index contributed by atoms with van der Waals surface area (Å²) in [6.07, 6.45) is -3.82. The SMILES string of the molecule is O=C(OCc1ccccc1[N+](=O)[O-])c1cnn2c(C(F)(F)F)cc(-c3cccs3)nc12. The van der Waals surface area contributed by atoms with Crippen LogP contribution >= 0.6 is 11.3 Å². The Morgan fingerprint density at radius 1 is 1.23 bits per heavy atom. The van der Waals surface area contributed by atoms with E-state index >= 15 is 0 Å². The molecule has 0 saturated carbocycles. The highest BCUT2D eigenvalue weighted by Crippen LogP contribution is 2.34. The van der Waals surface area contributed by atoms with Gasteiger partial charge in [-0.2, -0.15) is 18.3 Å². The molecule has 12 heteroatoms. The fraction of sp³-hybridized carbons (Fsp3) is 0.105. The van der Waals surface area contributed by atoms with Gasteiger partial charge in [-0.15, -0.1) is 11.3 Å². The predicted octanol–water partition coefficient (Wildman–Crippen LogP) is 4.74. The molecule has 4 rings (SSSR count). The molecule has 4 aromatic rings. The van der Waals surface area contributed by atoms with E-state index in [9.17, 15) is 28.1 Å². The molecule has 0 spiro atoms. The minimum atomic E-state index is -4.74. The first kappa shape index (κ1) is 20.5. The first-order valence-corrected chi connectivity index (χ1v) is 9.53. The molecular weight excluding hydrogens is 437 g/mol. The number of nitrogens with zero attached hydrogens (tertiary/aromatic N) is 4. The van der Waals surface area contributed by atoms with Crippen LogP contribution in [0.15, 0.2) is 54.0 Å². The van der Waals surface area contributed by atoms with Crippen molar-refractivity contribution in [3.63, 3.8) is 0 Å². The minimum Gasteiger partial charge on any atom is -0.457 e. The number of hydrogen-bond acceptors (Lipinski definition) is 7. The summed E-state index contributed by atoms with van der Waals surface area (Å²) in [5, 5.41) is 16.4. The molecule has 0 radical (unpaired) electrons. The van der Waals surface area contributed by atoms with Crippen LogP contribution in [0.4, 0.5) is 18.9 Å². The summed E-state index contributed by atoms with van der Waals surface area (Å²) in [6, 6.07) is 9.79. The van der Waals surface area contributed by atoms with Gasteiger partial charge >= 0.3 is 12.1 Å². The van der Waals surface area contributed by atoms with E-state index in [0.717, 1.165) is 12.3 Å². The van der Waals surface area contributed by atoms with Crippen LogP contribution in [0.3, 0.4) is 0 Å². The van der Waals surface area contributed by atoms with Crippen LogP contribution in [0.1, 0.15) is 21.6 Å². The van der Waals surface area contributed by atoms with Crippen LogP contribution in [-0.2, 0) is 17.5 Å². The highest BCUT2D eigenvalue weighted by molar-refractivity contribution is 7.13. The quantitative estimate of drug-likeness (QED) is 0.248. The van der Waals surface area contributed by atoms with Crippen LogP contribution in [0, 0.1) is 10.1 Å². The van der Waals surface area contributed by atoms with E-state index in [1.54, 1.807) is 17.5 Å². The first-order valence-electron chi connectivity index (χ1n) is 8.65. The lowest BCUT2D eigenvalue weighted by molar-refractivity contribution is -0.385. The second-order valence-electron chi connectivity index (χ2n) is 6.26. The van der Waals surface area contributed by atoms with Crippen LogP contribution in [0.25, 0.3) is 16.2 Å². The molecule has 3 heterocycles. The predicted molar refractivity (Wildman–Crippen MR) is 104 cm³/mol. The molecule has 8 nitrogen and oxygen atoms in total. The first-order chi connectivity index (χ1) is 14.8. The summed E-state index contributed by atoms with van der Waals surface area (Å²) in [5.74, 6) is -1.00. The fourth-order valence-corrected chi connectivity index (χ4v) is 3.58. The fourth-order valence-electron chi connectivity index (χ4n) is 2.89. The largest absolute Gasteiger partial charge is 0.457 e. The number of carbonyl (C=O) groups excluding carboxylic acids is 1. The number of nitro groups is 1. The number of aromatic nitrogens is 3. The van der Waals surface area contributed by atoms with Gasteiger partial charge in [-0.1, -0.05) is 18.2 Å². The second kappa shape index (κ2) is 7.80.